The summed E-state index contributed by atoms with van der Waals surface area (Å²) in [5, 5.41) is 5.81. The van der Waals surface area contributed by atoms with E-state index in [9.17, 15) is 14.4 Å². The van der Waals surface area contributed by atoms with Crippen LogP contribution >= 0.6 is 27.3 Å². The number of carbonyl (C=O) groups excluding carboxylic acids is 3. The monoisotopic (exact) mass is 434 g/mol. The third-order valence-electron chi connectivity index (χ3n) is 3.75. The number of nitrogens with one attached hydrogen (secondary N) is 2. The molecule has 0 bridgehead atoms. The summed E-state index contributed by atoms with van der Waals surface area (Å²) in [7, 11) is 0. The predicted octanol–water partition coefficient (Wildman–Crippen LogP) is 2.50. The smallest absolute Gasteiger partial charge is 0.285 e. The van der Waals surface area contributed by atoms with Crippen molar-refractivity contribution < 1.29 is 14.4 Å². The van der Waals surface area contributed by atoms with Gasteiger partial charge in [-0.15, -0.1) is 11.3 Å². The summed E-state index contributed by atoms with van der Waals surface area (Å²) in [4.78, 5) is 36.7. The maximum absolute atomic E-state index is 12.3. The van der Waals surface area contributed by atoms with Gasteiger partial charge in [-0.3, -0.25) is 30.2 Å². The molecule has 0 aliphatic carbocycles. The molecule has 9 heteroatoms. The van der Waals surface area contributed by atoms with E-state index in [-0.39, 0.29) is 17.9 Å². The summed E-state index contributed by atoms with van der Waals surface area (Å²) >= 11 is 4.53. The molecule has 1 aliphatic heterocycles. The Labute approximate surface area is 162 Å². The number of hydrogen-bond acceptors (Lipinski definition) is 6. The Morgan fingerprint density at radius 1 is 1.12 bits per heavy atom. The molecule has 7 nitrogen and oxygen atoms in total. The van der Waals surface area contributed by atoms with Crippen molar-refractivity contribution in [3.05, 3.63) is 51.1 Å². The lowest BCUT2D eigenvalue weighted by molar-refractivity contribution is -0.118. The van der Waals surface area contributed by atoms with Gasteiger partial charge in [-0.2, -0.15) is 5.10 Å². The van der Waals surface area contributed by atoms with E-state index in [4.69, 9.17) is 0 Å². The number of thiophene rings is 1. The van der Waals surface area contributed by atoms with E-state index in [2.05, 4.69) is 31.9 Å². The van der Waals surface area contributed by atoms with Gasteiger partial charge in [0, 0.05) is 6.42 Å². The molecule has 0 saturated heterocycles. The molecule has 1 aliphatic rings. The first kappa shape index (κ1) is 18.3. The number of benzene rings is 1. The summed E-state index contributed by atoms with van der Waals surface area (Å²) in [5.41, 5.74) is 5.61. The molecule has 1 aromatic heterocycles. The predicted molar refractivity (Wildman–Crippen MR) is 103 cm³/mol. The maximum Gasteiger partial charge on any atom is 0.285 e. The van der Waals surface area contributed by atoms with Gasteiger partial charge in [0.05, 0.1) is 14.4 Å². The van der Waals surface area contributed by atoms with E-state index < -0.39 is 17.9 Å². The van der Waals surface area contributed by atoms with Crippen molar-refractivity contribution in [2.45, 2.75) is 19.4 Å². The molecule has 3 rings (SSSR count). The van der Waals surface area contributed by atoms with Gasteiger partial charge in [-0.1, -0.05) is 18.2 Å². The average Bonchev–Trinajstić information content (AvgIpc) is 3.27. The summed E-state index contributed by atoms with van der Waals surface area (Å²) < 4.78 is 0.817. The standard InChI is InChI=1S/C17H15BrN4O3S/c1-10(23)13-9-12(21-22(13)11-5-3-2-4-6-11)16(24)19-20-17(25)14-7-8-15(18)26-14/h2-8,13H,9H2,1H3,(H,19,24)(H,20,25). The third-order valence-corrected chi connectivity index (χ3v) is 5.37. The molecular formula is C17H15BrN4O3S. The molecule has 2 aromatic rings. The highest BCUT2D eigenvalue weighted by atomic mass is 79.9. The summed E-state index contributed by atoms with van der Waals surface area (Å²) in [6.45, 7) is 1.47. The Bertz CT molecular complexity index is 881. The number of Topliss-reactive ketones (excluding diaryl/α,β-unsaturated/α-hetero) is 1. The highest BCUT2D eigenvalue weighted by Crippen LogP contribution is 2.25. The fourth-order valence-electron chi connectivity index (χ4n) is 2.47. The first-order valence-electron chi connectivity index (χ1n) is 7.74. The second-order valence-corrected chi connectivity index (χ2v) is 8.03. The van der Waals surface area contributed by atoms with E-state index in [1.54, 1.807) is 12.1 Å². The number of carbonyl (C=O) groups is 3. The Balaban J connectivity index is 1.69. The molecule has 134 valence electrons. The number of rotatable bonds is 4. The lowest BCUT2D eigenvalue weighted by Crippen LogP contribution is -2.44. The number of amides is 2. The largest absolute Gasteiger partial charge is 0.298 e. The van der Waals surface area contributed by atoms with Crippen LogP contribution in [0.1, 0.15) is 23.0 Å². The van der Waals surface area contributed by atoms with Gasteiger partial charge >= 0.3 is 0 Å². The molecule has 2 amide bonds. The zero-order valence-corrected chi connectivity index (χ0v) is 16.1. The fraction of sp³-hybridized carbons (Fsp3) is 0.176. The van der Waals surface area contributed by atoms with E-state index in [1.165, 1.54) is 23.3 Å². The minimum absolute atomic E-state index is 0.0899. The number of hydrazine groups is 1. The van der Waals surface area contributed by atoms with Crippen molar-refractivity contribution in [2.24, 2.45) is 5.10 Å². The molecular weight excluding hydrogens is 420 g/mol. The number of ketones is 1. The van der Waals surface area contributed by atoms with Crippen LogP contribution in [0.15, 0.2) is 51.4 Å². The summed E-state index contributed by atoms with van der Waals surface area (Å²) in [6, 6.07) is 12.0. The van der Waals surface area contributed by atoms with Crippen molar-refractivity contribution in [3.63, 3.8) is 0 Å². The van der Waals surface area contributed by atoms with Gasteiger partial charge < -0.3 is 0 Å². The molecule has 1 atom stereocenters. The van der Waals surface area contributed by atoms with Crippen molar-refractivity contribution in [1.82, 2.24) is 10.9 Å². The third kappa shape index (κ3) is 4.00. The van der Waals surface area contributed by atoms with Gasteiger partial charge in [0.1, 0.15) is 11.8 Å². The molecule has 0 radical (unpaired) electrons. The lowest BCUT2D eigenvalue weighted by Gasteiger charge is -2.20. The fourth-order valence-corrected chi connectivity index (χ4v) is 3.75. The van der Waals surface area contributed by atoms with Crippen molar-refractivity contribution >= 4 is 56.3 Å². The van der Waals surface area contributed by atoms with Crippen LogP contribution in [0.4, 0.5) is 5.69 Å². The van der Waals surface area contributed by atoms with Crippen LogP contribution in [0.25, 0.3) is 0 Å². The molecule has 1 unspecified atom stereocenters. The van der Waals surface area contributed by atoms with Crippen LogP contribution in [0.3, 0.4) is 0 Å². The molecule has 0 spiro atoms. The van der Waals surface area contributed by atoms with Crippen LogP contribution in [-0.2, 0) is 9.59 Å². The molecule has 2 heterocycles. The van der Waals surface area contributed by atoms with Crippen LogP contribution in [0, 0.1) is 0 Å². The molecule has 2 N–H and O–H groups in total. The van der Waals surface area contributed by atoms with E-state index in [0.717, 1.165) is 9.47 Å². The Morgan fingerprint density at radius 3 is 2.42 bits per heavy atom. The molecule has 1 aromatic carbocycles. The van der Waals surface area contributed by atoms with Gasteiger partial charge in [0.2, 0.25) is 0 Å². The average molecular weight is 435 g/mol. The van der Waals surface area contributed by atoms with Gasteiger partial charge in [-0.05, 0) is 47.1 Å². The number of para-hydroxylation sites is 1. The van der Waals surface area contributed by atoms with Crippen LogP contribution in [0.5, 0.6) is 0 Å². The second kappa shape index (κ2) is 7.79. The number of hydrogen-bond donors (Lipinski definition) is 2. The number of anilines is 1. The number of nitrogens with zero attached hydrogens (tertiary/aromatic N) is 2. The van der Waals surface area contributed by atoms with Crippen LogP contribution in [-0.4, -0.2) is 29.4 Å². The van der Waals surface area contributed by atoms with E-state index >= 15 is 0 Å². The molecule has 26 heavy (non-hydrogen) atoms. The zero-order chi connectivity index (χ0) is 18.7. The number of hydrazone groups is 1. The summed E-state index contributed by atoms with van der Waals surface area (Å²) in [5.74, 6) is -1.05. The first-order chi connectivity index (χ1) is 12.5. The van der Waals surface area contributed by atoms with E-state index in [1.807, 2.05) is 30.3 Å². The maximum atomic E-state index is 12.3. The van der Waals surface area contributed by atoms with Gasteiger partial charge in [0.25, 0.3) is 11.8 Å². The Hall–Kier alpha value is -2.52. The number of halogens is 1. The minimum atomic E-state index is -0.543. The highest BCUT2D eigenvalue weighted by Gasteiger charge is 2.34. The zero-order valence-electron chi connectivity index (χ0n) is 13.7. The summed E-state index contributed by atoms with van der Waals surface area (Å²) in [6.07, 6.45) is 0.177. The van der Waals surface area contributed by atoms with Crippen LogP contribution in [0.2, 0.25) is 0 Å². The van der Waals surface area contributed by atoms with Gasteiger partial charge in [0.15, 0.2) is 5.78 Å². The van der Waals surface area contributed by atoms with Gasteiger partial charge in [-0.25, -0.2) is 0 Å². The quantitative estimate of drug-likeness (QED) is 0.723. The normalized spacial score (nSPS) is 16.2. The van der Waals surface area contributed by atoms with Crippen molar-refractivity contribution in [2.75, 3.05) is 5.01 Å². The van der Waals surface area contributed by atoms with Crippen LogP contribution < -0.4 is 15.9 Å². The lowest BCUT2D eigenvalue weighted by atomic mass is 10.1. The molecule has 0 fully saturated rings. The SMILES string of the molecule is CC(=O)C1CC(C(=O)NNC(=O)c2ccc(Br)s2)=NN1c1ccccc1. The van der Waals surface area contributed by atoms with Crippen molar-refractivity contribution in [3.8, 4) is 0 Å². The topological polar surface area (TPSA) is 90.9 Å². The first-order valence-corrected chi connectivity index (χ1v) is 9.35. The van der Waals surface area contributed by atoms with E-state index in [0.29, 0.717) is 4.88 Å². The second-order valence-electron chi connectivity index (χ2n) is 5.57. The Kier molecular flexibility index (Phi) is 5.48. The van der Waals surface area contributed by atoms with Crippen molar-refractivity contribution in [1.29, 1.82) is 0 Å². The minimum Gasteiger partial charge on any atom is -0.298 e. The molecule has 0 saturated carbocycles. The highest BCUT2D eigenvalue weighted by molar-refractivity contribution is 9.11. The Morgan fingerprint density at radius 2 is 1.81 bits per heavy atom.